The number of hydrogen-bond donors (Lipinski definition) is 4. The van der Waals surface area contributed by atoms with E-state index in [4.69, 9.17) is 31.8 Å². The molecule has 8 aromatic carbocycles. The van der Waals surface area contributed by atoms with Crippen LogP contribution in [0.3, 0.4) is 0 Å². The molecule has 0 spiro atoms. The van der Waals surface area contributed by atoms with Crippen molar-refractivity contribution in [1.29, 1.82) is 0 Å². The lowest BCUT2D eigenvalue weighted by Gasteiger charge is -2.14. The summed E-state index contributed by atoms with van der Waals surface area (Å²) in [4.78, 5) is 46.9. The fourth-order valence-corrected chi connectivity index (χ4v) is 13.0. The molecule has 4 amide bonds. The number of carbonyl (C=O) groups is 4. The Hall–Kier alpha value is -8.87. The van der Waals surface area contributed by atoms with Gasteiger partial charge >= 0.3 is 24.4 Å². The Morgan fingerprint density at radius 3 is 0.982 bits per heavy atom. The van der Waals surface area contributed by atoms with E-state index in [9.17, 15) is 19.2 Å². The molecule has 0 radical (unpaired) electrons. The average molecular weight is 1700 g/mol. The zero-order valence-corrected chi connectivity index (χ0v) is 73.3. The molecule has 8 rings (SSSR count). The maximum Gasteiger partial charge on any atom is 0.407 e. The molecule has 580 valence electrons. The van der Waals surface area contributed by atoms with Gasteiger partial charge in [0.05, 0.1) is 0 Å². The van der Waals surface area contributed by atoms with Crippen LogP contribution >= 0.6 is 47.8 Å². The lowest BCUT2D eigenvalue weighted by Crippen LogP contribution is -2.33. The summed E-state index contributed by atoms with van der Waals surface area (Å²) < 4.78 is 24.2. The Morgan fingerprint density at radius 1 is 0.404 bits per heavy atom. The minimum atomic E-state index is -1.37. The molecule has 0 saturated heterocycles. The minimum Gasteiger partial charge on any atom is -0.445 e. The van der Waals surface area contributed by atoms with Gasteiger partial charge in [-0.05, 0) is 235 Å². The van der Waals surface area contributed by atoms with Crippen molar-refractivity contribution in [1.82, 2.24) is 21.3 Å². The molecule has 4 N–H and O–H groups in total. The predicted molar refractivity (Wildman–Crippen MR) is 469 cm³/mol. The van der Waals surface area contributed by atoms with Crippen LogP contribution in [0.25, 0.3) is 0 Å². The molecule has 17 heteroatoms. The van der Waals surface area contributed by atoms with Crippen LogP contribution in [0.5, 0.6) is 0 Å². The molecule has 0 aliphatic heterocycles. The third-order valence-electron chi connectivity index (χ3n) is 15.7. The molecule has 0 aliphatic rings. The lowest BCUT2D eigenvalue weighted by atomic mass is 10.0. The molecule has 0 saturated carbocycles. The van der Waals surface area contributed by atoms with Gasteiger partial charge in [0.15, 0.2) is 0 Å². The van der Waals surface area contributed by atoms with Gasteiger partial charge in [-0.1, -0.05) is 245 Å². The molecule has 109 heavy (non-hydrogen) atoms. The number of rotatable bonds is 26. The van der Waals surface area contributed by atoms with Crippen molar-refractivity contribution in [2.75, 3.05) is 0 Å². The highest BCUT2D eigenvalue weighted by molar-refractivity contribution is 9.11. The van der Waals surface area contributed by atoms with E-state index in [1.165, 1.54) is 38.9 Å². The Morgan fingerprint density at radius 2 is 0.688 bits per heavy atom. The highest BCUT2D eigenvalue weighted by atomic mass is 79.9. The molecule has 0 heterocycles. The first-order chi connectivity index (χ1) is 51.8. The van der Waals surface area contributed by atoms with E-state index in [2.05, 4.69) is 226 Å². The number of amides is 4. The number of ether oxygens (including phenoxy) is 4. The quantitative estimate of drug-likeness (QED) is 0.0181. The van der Waals surface area contributed by atoms with Crippen molar-refractivity contribution in [2.24, 2.45) is 0 Å². The lowest BCUT2D eigenvalue weighted by molar-refractivity contribution is 0.135. The van der Waals surface area contributed by atoms with Gasteiger partial charge in [-0.3, -0.25) is 0 Å². The molecular weight excluding hydrogens is 1580 g/mol. The molecule has 0 bridgehead atoms. The molecule has 4 atom stereocenters. The van der Waals surface area contributed by atoms with Crippen LogP contribution in [0.2, 0.25) is 39.3 Å². The number of aryl methyl sites for hydroxylation is 7. The van der Waals surface area contributed by atoms with Crippen molar-refractivity contribution in [3.05, 3.63) is 293 Å². The van der Waals surface area contributed by atoms with Gasteiger partial charge in [-0.25, -0.2) is 19.2 Å². The summed E-state index contributed by atoms with van der Waals surface area (Å²) in [6, 6.07) is 64.4. The second-order valence-corrected chi connectivity index (χ2v) is 41.5. The molecule has 0 aromatic heterocycles. The number of halogens is 3. The summed E-state index contributed by atoms with van der Waals surface area (Å²) >= 11 is 10.3. The average Bonchev–Trinajstić information content (AvgIpc) is 0.877. The van der Waals surface area contributed by atoms with Crippen molar-refractivity contribution in [2.45, 2.75) is 209 Å². The number of benzene rings is 8. The van der Waals surface area contributed by atoms with Gasteiger partial charge in [0.2, 0.25) is 0 Å². The van der Waals surface area contributed by atoms with Crippen LogP contribution < -0.4 is 21.3 Å². The summed E-state index contributed by atoms with van der Waals surface area (Å²) in [5.74, 6) is 6.04. The van der Waals surface area contributed by atoms with E-state index >= 15 is 0 Å². The predicted octanol–water partition coefficient (Wildman–Crippen LogP) is 23.8. The standard InChI is InChI=1S/C25H33NO2Si.C22H25NO2.C20H24BrNO2.C13H17NO2.C7H6Br2.C5H10Si/c1-20-16-23(18-24(17-20)14-15-29(3,4)5)13-9-10-21(2)26-25(27)28-19-22-11-7-6-8-12-22;1-4-19-13-17(2)14-21(15-19)12-8-9-18(3)23-22(24)25-16-20-10-6-5-7-11-20;1-15-11-18(13-19(21)12-15)10-6-7-16(2)22-20(23)24-14-17-8-4-3-5-9-17;1-3-7-11(2)14-13(15)16-10-12-8-5-4-6-9-12;1-5-2-6(8)4-7(9)3-5;1-5-6(2,3)4/h6-8,11-12,16-18,21H,9-10,13,19H2,1-5H3,(H,26,27);1,5-7,10-11,13-15,18H,8-9,12,16H2,2-3H3,(H,23,24);3-5,8-9,11-13,16H,6-7,10,14H2,1-2H3,(H,22,23);3-6,8-9,11H,1,7,10H2,2H3,(H,14,15);2-4H,1H3;1H,2-4H3/t21-;18-;16-;11-;;/m0000../s1. The van der Waals surface area contributed by atoms with E-state index in [0.29, 0.717) is 19.8 Å². The first-order valence-corrected chi connectivity index (χ1v) is 46.5. The number of alkyl carbamates (subject to hydrolysis) is 4. The zero-order chi connectivity index (χ0) is 80.6. The first-order valence-electron chi connectivity index (χ1n) is 37.1. The number of hydrogen-bond acceptors (Lipinski definition) is 8. The van der Waals surface area contributed by atoms with Crippen LogP contribution in [0.15, 0.2) is 220 Å². The maximum atomic E-state index is 12.0. The van der Waals surface area contributed by atoms with Crippen LogP contribution in [-0.2, 0) is 64.6 Å². The van der Waals surface area contributed by atoms with E-state index in [1.807, 2.05) is 161 Å². The van der Waals surface area contributed by atoms with E-state index in [1.54, 1.807) is 6.08 Å². The molecule has 0 aliphatic carbocycles. The van der Waals surface area contributed by atoms with Crippen molar-refractivity contribution in [3.8, 4) is 35.8 Å². The van der Waals surface area contributed by atoms with Crippen LogP contribution in [-0.4, -0.2) is 64.7 Å². The first kappa shape index (κ1) is 94.3. The summed E-state index contributed by atoms with van der Waals surface area (Å²) in [5, 5.41) is 11.4. The fourth-order valence-electron chi connectivity index (χ4n) is 10.3. The summed E-state index contributed by atoms with van der Waals surface area (Å²) in [6.45, 7) is 34.3. The number of nitrogens with one attached hydrogen (secondary N) is 4. The Balaban J connectivity index is 0.000000358. The molecular formula is C92H115Br3N4O8Si2. The van der Waals surface area contributed by atoms with Gasteiger partial charge < -0.3 is 40.2 Å². The Labute approximate surface area is 680 Å². The molecule has 0 fully saturated rings. The topological polar surface area (TPSA) is 153 Å². The zero-order valence-electron chi connectivity index (χ0n) is 66.5. The normalized spacial score (nSPS) is 11.4. The van der Waals surface area contributed by atoms with E-state index in [0.717, 1.165) is 111 Å². The number of terminal acetylenes is 2. The van der Waals surface area contributed by atoms with Crippen LogP contribution in [0.4, 0.5) is 19.2 Å². The van der Waals surface area contributed by atoms with Gasteiger partial charge in [-0.15, -0.1) is 30.5 Å². The Bertz CT molecular complexity index is 4100. The van der Waals surface area contributed by atoms with E-state index in [-0.39, 0.29) is 49.1 Å². The highest BCUT2D eigenvalue weighted by Crippen LogP contribution is 2.21. The highest BCUT2D eigenvalue weighted by Gasteiger charge is 2.14. The third-order valence-corrected chi connectivity index (χ3v) is 18.8. The van der Waals surface area contributed by atoms with Gasteiger partial charge in [0.25, 0.3) is 0 Å². The third kappa shape index (κ3) is 48.3. The molecule has 0 unspecified atom stereocenters. The summed E-state index contributed by atoms with van der Waals surface area (Å²) in [6.07, 6.45) is 20.3. The van der Waals surface area contributed by atoms with Gasteiger partial charge in [0, 0.05) is 48.7 Å². The van der Waals surface area contributed by atoms with Gasteiger partial charge in [0.1, 0.15) is 42.6 Å². The second kappa shape index (κ2) is 53.1. The summed E-state index contributed by atoms with van der Waals surface area (Å²) in [5.41, 5.74) is 21.0. The van der Waals surface area contributed by atoms with Crippen LogP contribution in [0, 0.1) is 63.5 Å². The van der Waals surface area contributed by atoms with Crippen molar-refractivity contribution < 1.29 is 38.1 Å². The number of carbonyl (C=O) groups excluding carboxylic acids is 4. The largest absolute Gasteiger partial charge is 0.445 e. The second-order valence-electron chi connectivity index (χ2n) is 29.2. The maximum absolute atomic E-state index is 12.0. The smallest absolute Gasteiger partial charge is 0.407 e. The Kier molecular flexibility index (Phi) is 45.9. The van der Waals surface area contributed by atoms with Crippen molar-refractivity contribution in [3.63, 3.8) is 0 Å². The SMILES string of the molecule is C#C[Si](C)(C)C.C#Cc1cc(C)cc(CCC[C@H](C)NC(=O)OCc2ccccc2)c1.C=CC[C@H](C)NC(=O)OCc1ccccc1.Cc1cc(Br)cc(Br)c1.Cc1cc(Br)cc(CCC[C@H](C)NC(=O)OCc2ccccc2)c1.Cc1cc(C#C[Si](C)(C)C)cc(CCC[C@H](C)NC(=O)OCc2ccccc2)c1. The van der Waals surface area contributed by atoms with Crippen molar-refractivity contribution >= 4 is 88.3 Å². The van der Waals surface area contributed by atoms with Gasteiger partial charge in [-0.2, -0.15) is 0 Å². The monoisotopic (exact) mass is 1700 g/mol. The van der Waals surface area contributed by atoms with E-state index < -0.39 is 22.2 Å². The minimum absolute atomic E-state index is 0.0563. The summed E-state index contributed by atoms with van der Waals surface area (Å²) in [7, 11) is -2.48. The fraction of sp³-hybridized carbons (Fsp3) is 0.348. The molecule has 12 nitrogen and oxygen atoms in total. The molecule has 8 aromatic rings. The van der Waals surface area contributed by atoms with Crippen LogP contribution in [0.1, 0.15) is 145 Å².